The number of hydrogen-bond donors (Lipinski definition) is 0. The van der Waals surface area contributed by atoms with Crippen molar-refractivity contribution in [2.45, 2.75) is 59.5 Å². The van der Waals surface area contributed by atoms with Crippen LogP contribution in [0.5, 0.6) is 0 Å². The fourth-order valence-electron chi connectivity index (χ4n) is 4.03. The number of nitrogens with zero attached hydrogens (tertiary/aromatic N) is 3. The summed E-state index contributed by atoms with van der Waals surface area (Å²) in [6, 6.07) is 11.4. The predicted octanol–water partition coefficient (Wildman–Crippen LogP) is 6.55. The molecule has 0 bridgehead atoms. The standard InChI is InChI=1S/C26H28ClN3O3/c1-15(2)20-12-21-18(14-32-23(21)10-17(20)5)11-25(31)30(16(3)4)13-24-28-29-26(33-24)19-8-6-7-9-22(19)27/h6-10,12,14-16H,11,13H2,1-5H3. The summed E-state index contributed by atoms with van der Waals surface area (Å²) in [5, 5.41) is 9.78. The summed E-state index contributed by atoms with van der Waals surface area (Å²) < 4.78 is 11.6. The Morgan fingerprint density at radius 1 is 1.12 bits per heavy atom. The molecule has 2 aromatic carbocycles. The summed E-state index contributed by atoms with van der Waals surface area (Å²) in [6.45, 7) is 10.6. The Morgan fingerprint density at radius 2 is 1.88 bits per heavy atom. The van der Waals surface area contributed by atoms with E-state index >= 15 is 0 Å². The summed E-state index contributed by atoms with van der Waals surface area (Å²) in [5.74, 6) is 1.06. The quantitative estimate of drug-likeness (QED) is 0.309. The van der Waals surface area contributed by atoms with Crippen LogP contribution in [-0.2, 0) is 17.8 Å². The molecule has 172 valence electrons. The number of aromatic nitrogens is 2. The highest BCUT2D eigenvalue weighted by Crippen LogP contribution is 2.30. The third-order valence-corrected chi connectivity index (χ3v) is 6.16. The van der Waals surface area contributed by atoms with E-state index in [0.717, 1.165) is 16.5 Å². The number of rotatable bonds is 7. The van der Waals surface area contributed by atoms with Gasteiger partial charge in [-0.05, 0) is 62.1 Å². The average Bonchev–Trinajstić information content (AvgIpc) is 3.38. The van der Waals surface area contributed by atoms with Crippen LogP contribution in [-0.4, -0.2) is 27.0 Å². The second kappa shape index (κ2) is 9.40. The van der Waals surface area contributed by atoms with Crippen molar-refractivity contribution in [3.8, 4) is 11.5 Å². The molecule has 0 radical (unpaired) electrons. The van der Waals surface area contributed by atoms with Gasteiger partial charge in [-0.25, -0.2) is 0 Å². The Bertz CT molecular complexity index is 1290. The SMILES string of the molecule is Cc1cc2occ(CC(=O)N(Cc3nnc(-c4ccccc4Cl)o3)C(C)C)c2cc1C(C)C. The van der Waals surface area contributed by atoms with Crippen LogP contribution in [0.1, 0.15) is 56.2 Å². The fraction of sp³-hybridized carbons (Fsp3) is 0.346. The number of carbonyl (C=O) groups excluding carboxylic acids is 1. The number of furan rings is 1. The van der Waals surface area contributed by atoms with Crippen LogP contribution < -0.4 is 0 Å². The minimum absolute atomic E-state index is 0.0307. The van der Waals surface area contributed by atoms with Gasteiger partial charge in [-0.3, -0.25) is 4.79 Å². The van der Waals surface area contributed by atoms with Gasteiger partial charge in [0.2, 0.25) is 17.7 Å². The number of hydrogen-bond acceptors (Lipinski definition) is 5. The number of benzene rings is 2. The largest absolute Gasteiger partial charge is 0.464 e. The van der Waals surface area contributed by atoms with Crippen LogP contribution in [0.4, 0.5) is 0 Å². The van der Waals surface area contributed by atoms with Crippen molar-refractivity contribution in [1.82, 2.24) is 15.1 Å². The van der Waals surface area contributed by atoms with E-state index in [1.165, 1.54) is 11.1 Å². The van der Waals surface area contributed by atoms with Crippen molar-refractivity contribution in [3.63, 3.8) is 0 Å². The minimum atomic E-state index is -0.0419. The van der Waals surface area contributed by atoms with Gasteiger partial charge >= 0.3 is 0 Å². The highest BCUT2D eigenvalue weighted by atomic mass is 35.5. The molecule has 33 heavy (non-hydrogen) atoms. The van der Waals surface area contributed by atoms with E-state index < -0.39 is 0 Å². The molecule has 0 saturated carbocycles. The van der Waals surface area contributed by atoms with Crippen LogP contribution in [0.3, 0.4) is 0 Å². The van der Waals surface area contributed by atoms with E-state index in [1.54, 1.807) is 17.2 Å². The molecule has 2 aromatic heterocycles. The van der Waals surface area contributed by atoms with Gasteiger partial charge in [0.25, 0.3) is 0 Å². The maximum absolute atomic E-state index is 13.3. The molecule has 1 amide bonds. The first-order chi connectivity index (χ1) is 15.7. The first-order valence-electron chi connectivity index (χ1n) is 11.1. The number of carbonyl (C=O) groups is 1. The Morgan fingerprint density at radius 3 is 2.58 bits per heavy atom. The van der Waals surface area contributed by atoms with Crippen LogP contribution in [0.2, 0.25) is 5.02 Å². The monoisotopic (exact) mass is 465 g/mol. The second-order valence-electron chi connectivity index (χ2n) is 8.89. The van der Waals surface area contributed by atoms with E-state index in [-0.39, 0.29) is 24.9 Å². The molecular formula is C26H28ClN3O3. The first kappa shape index (κ1) is 23.1. The molecule has 0 N–H and O–H groups in total. The van der Waals surface area contributed by atoms with Gasteiger partial charge in [-0.2, -0.15) is 0 Å². The van der Waals surface area contributed by atoms with E-state index in [4.69, 9.17) is 20.4 Å². The Balaban J connectivity index is 1.55. The molecule has 7 heteroatoms. The van der Waals surface area contributed by atoms with Crippen LogP contribution >= 0.6 is 11.6 Å². The maximum atomic E-state index is 13.3. The van der Waals surface area contributed by atoms with Crippen molar-refractivity contribution in [2.24, 2.45) is 0 Å². The molecule has 6 nitrogen and oxygen atoms in total. The third-order valence-electron chi connectivity index (χ3n) is 5.83. The van der Waals surface area contributed by atoms with Crippen molar-refractivity contribution in [3.05, 3.63) is 70.3 Å². The summed E-state index contributed by atoms with van der Waals surface area (Å²) in [5.41, 5.74) is 4.80. The second-order valence-corrected chi connectivity index (χ2v) is 9.30. The molecule has 0 aliphatic heterocycles. The van der Waals surface area contributed by atoms with Gasteiger partial charge < -0.3 is 13.7 Å². The average molecular weight is 466 g/mol. The highest BCUT2D eigenvalue weighted by Gasteiger charge is 2.23. The lowest BCUT2D eigenvalue weighted by molar-refractivity contribution is -0.133. The van der Waals surface area contributed by atoms with Crippen LogP contribution in [0, 0.1) is 6.92 Å². The lowest BCUT2D eigenvalue weighted by atomic mass is 9.95. The molecule has 0 unspecified atom stereocenters. The van der Waals surface area contributed by atoms with Crippen molar-refractivity contribution in [2.75, 3.05) is 0 Å². The molecule has 0 spiro atoms. The van der Waals surface area contributed by atoms with Crippen LogP contribution in [0.25, 0.3) is 22.4 Å². The predicted molar refractivity (Wildman–Crippen MR) is 129 cm³/mol. The minimum Gasteiger partial charge on any atom is -0.464 e. The fourth-order valence-corrected chi connectivity index (χ4v) is 4.25. The van der Waals surface area contributed by atoms with Gasteiger partial charge in [-0.1, -0.05) is 37.6 Å². The van der Waals surface area contributed by atoms with E-state index in [0.29, 0.717) is 28.3 Å². The number of amides is 1. The molecule has 4 aromatic rings. The first-order valence-corrected chi connectivity index (χ1v) is 11.5. The van der Waals surface area contributed by atoms with Gasteiger partial charge in [0.05, 0.1) is 29.8 Å². The molecule has 0 saturated heterocycles. The van der Waals surface area contributed by atoms with Crippen molar-refractivity contribution >= 4 is 28.5 Å². The van der Waals surface area contributed by atoms with E-state index in [9.17, 15) is 4.79 Å². The van der Waals surface area contributed by atoms with Crippen molar-refractivity contribution < 1.29 is 13.6 Å². The summed E-state index contributed by atoms with van der Waals surface area (Å²) >= 11 is 6.24. The molecular weight excluding hydrogens is 438 g/mol. The number of aryl methyl sites for hydroxylation is 1. The van der Waals surface area contributed by atoms with Gasteiger partial charge in [-0.15, -0.1) is 10.2 Å². The van der Waals surface area contributed by atoms with Gasteiger partial charge in [0.1, 0.15) is 5.58 Å². The zero-order valence-electron chi connectivity index (χ0n) is 19.6. The lowest BCUT2D eigenvalue weighted by Crippen LogP contribution is -2.37. The molecule has 0 fully saturated rings. The zero-order valence-corrected chi connectivity index (χ0v) is 20.3. The Kier molecular flexibility index (Phi) is 6.56. The molecule has 0 aliphatic carbocycles. The molecule has 0 atom stereocenters. The third kappa shape index (κ3) is 4.81. The van der Waals surface area contributed by atoms with Crippen molar-refractivity contribution in [1.29, 1.82) is 0 Å². The molecule has 0 aliphatic rings. The maximum Gasteiger partial charge on any atom is 0.249 e. The summed E-state index contributed by atoms with van der Waals surface area (Å²) in [4.78, 5) is 15.0. The Hall–Kier alpha value is -3.12. The van der Waals surface area contributed by atoms with E-state index in [2.05, 4.69) is 37.0 Å². The molecule has 2 heterocycles. The number of halogens is 1. The smallest absolute Gasteiger partial charge is 0.249 e. The summed E-state index contributed by atoms with van der Waals surface area (Å²) in [7, 11) is 0. The van der Waals surface area contributed by atoms with Gasteiger partial charge in [0, 0.05) is 17.0 Å². The highest BCUT2D eigenvalue weighted by molar-refractivity contribution is 6.33. The lowest BCUT2D eigenvalue weighted by Gasteiger charge is -2.25. The van der Waals surface area contributed by atoms with Crippen LogP contribution in [0.15, 0.2) is 51.5 Å². The zero-order chi connectivity index (χ0) is 23.7. The normalized spacial score (nSPS) is 11.6. The topological polar surface area (TPSA) is 72.4 Å². The Labute approximate surface area is 198 Å². The number of fused-ring (bicyclic) bond motifs is 1. The summed E-state index contributed by atoms with van der Waals surface area (Å²) in [6.07, 6.45) is 1.92. The van der Waals surface area contributed by atoms with Gasteiger partial charge in [0.15, 0.2) is 0 Å². The molecule has 4 rings (SSSR count). The van der Waals surface area contributed by atoms with E-state index in [1.807, 2.05) is 38.1 Å².